The van der Waals surface area contributed by atoms with Gasteiger partial charge in [-0.05, 0) is 43.1 Å². The average molecular weight is 223 g/mol. The Morgan fingerprint density at radius 1 is 1.40 bits per heavy atom. The van der Waals surface area contributed by atoms with Crippen molar-refractivity contribution in [3.63, 3.8) is 0 Å². The molecule has 1 fully saturated rings. The van der Waals surface area contributed by atoms with Gasteiger partial charge < -0.3 is 10.2 Å². The molecule has 80 valence electrons. The van der Waals surface area contributed by atoms with E-state index in [0.29, 0.717) is 6.04 Å². The van der Waals surface area contributed by atoms with E-state index in [1.807, 2.05) is 6.07 Å². The molecule has 0 bridgehead atoms. The highest BCUT2D eigenvalue weighted by Gasteiger charge is 2.29. The first kappa shape index (κ1) is 9.49. The van der Waals surface area contributed by atoms with E-state index in [1.54, 1.807) is 0 Å². The number of fused-ring (bicyclic) bond motifs is 3. The number of anilines is 1. The Morgan fingerprint density at radius 3 is 3.27 bits per heavy atom. The Hall–Kier alpha value is -0.730. The number of halogens is 1. The summed E-state index contributed by atoms with van der Waals surface area (Å²) in [6, 6.07) is 6.93. The second-order valence-electron chi connectivity index (χ2n) is 4.38. The van der Waals surface area contributed by atoms with Gasteiger partial charge in [-0.3, -0.25) is 0 Å². The maximum atomic E-state index is 6.02. The van der Waals surface area contributed by atoms with E-state index in [-0.39, 0.29) is 0 Å². The smallest absolute Gasteiger partial charge is 0.0455 e. The Labute approximate surface area is 95.2 Å². The van der Waals surface area contributed by atoms with Crippen LogP contribution >= 0.6 is 11.6 Å². The van der Waals surface area contributed by atoms with Crippen molar-refractivity contribution in [2.75, 3.05) is 24.5 Å². The van der Waals surface area contributed by atoms with Crippen molar-refractivity contribution in [2.24, 2.45) is 0 Å². The third-order valence-electron chi connectivity index (χ3n) is 3.38. The Balaban J connectivity index is 1.97. The van der Waals surface area contributed by atoms with Crippen molar-refractivity contribution >= 4 is 17.3 Å². The standard InChI is InChI=1S/C12H15ClN2/c13-10-2-3-12-9(6-10)7-11-8-14-4-1-5-15(11)12/h2-3,6,11,14H,1,4-5,7-8H2. The molecule has 15 heavy (non-hydrogen) atoms. The fourth-order valence-electron chi connectivity index (χ4n) is 2.69. The third kappa shape index (κ3) is 1.62. The van der Waals surface area contributed by atoms with Crippen molar-refractivity contribution in [3.8, 4) is 0 Å². The molecule has 2 aliphatic rings. The van der Waals surface area contributed by atoms with Crippen molar-refractivity contribution in [1.29, 1.82) is 0 Å². The summed E-state index contributed by atoms with van der Waals surface area (Å²) in [7, 11) is 0. The lowest BCUT2D eigenvalue weighted by atomic mass is 10.1. The summed E-state index contributed by atoms with van der Waals surface area (Å²) in [6.07, 6.45) is 2.38. The van der Waals surface area contributed by atoms with E-state index < -0.39 is 0 Å². The molecule has 1 unspecified atom stereocenters. The molecule has 2 aliphatic heterocycles. The molecular formula is C12H15ClN2. The fourth-order valence-corrected chi connectivity index (χ4v) is 2.88. The van der Waals surface area contributed by atoms with Crippen LogP contribution in [0.15, 0.2) is 18.2 Å². The summed E-state index contributed by atoms with van der Waals surface area (Å²) in [6.45, 7) is 3.43. The lowest BCUT2D eigenvalue weighted by molar-refractivity contribution is 0.613. The molecule has 1 aromatic rings. The highest BCUT2D eigenvalue weighted by molar-refractivity contribution is 6.30. The molecule has 0 spiro atoms. The van der Waals surface area contributed by atoms with Crippen molar-refractivity contribution in [1.82, 2.24) is 5.32 Å². The molecule has 2 heterocycles. The number of rotatable bonds is 0. The van der Waals surface area contributed by atoms with Gasteiger partial charge in [-0.2, -0.15) is 0 Å². The van der Waals surface area contributed by atoms with Crippen LogP contribution in [-0.4, -0.2) is 25.7 Å². The van der Waals surface area contributed by atoms with Crippen LogP contribution in [0, 0.1) is 0 Å². The van der Waals surface area contributed by atoms with Crippen molar-refractivity contribution < 1.29 is 0 Å². The molecule has 3 heteroatoms. The van der Waals surface area contributed by atoms with Crippen LogP contribution in [0.5, 0.6) is 0 Å². The largest absolute Gasteiger partial charge is 0.367 e. The SMILES string of the molecule is Clc1ccc2c(c1)CC1CNCCCN21. The predicted molar refractivity (Wildman–Crippen MR) is 63.8 cm³/mol. The van der Waals surface area contributed by atoms with E-state index in [1.165, 1.54) is 24.2 Å². The number of nitrogens with one attached hydrogen (secondary N) is 1. The van der Waals surface area contributed by atoms with Crippen LogP contribution in [0.3, 0.4) is 0 Å². The predicted octanol–water partition coefficient (Wildman–Crippen LogP) is 2.06. The lowest BCUT2D eigenvalue weighted by Crippen LogP contribution is -2.36. The monoisotopic (exact) mass is 222 g/mol. The van der Waals surface area contributed by atoms with E-state index in [0.717, 1.165) is 24.5 Å². The van der Waals surface area contributed by atoms with Crippen LogP contribution < -0.4 is 10.2 Å². The first-order valence-corrected chi connectivity index (χ1v) is 5.98. The zero-order chi connectivity index (χ0) is 10.3. The van der Waals surface area contributed by atoms with Gasteiger partial charge in [0.25, 0.3) is 0 Å². The van der Waals surface area contributed by atoms with Crippen LogP contribution in [0.1, 0.15) is 12.0 Å². The van der Waals surface area contributed by atoms with E-state index in [9.17, 15) is 0 Å². The molecule has 0 aliphatic carbocycles. The first-order chi connectivity index (χ1) is 7.34. The number of benzene rings is 1. The molecule has 3 rings (SSSR count). The minimum atomic E-state index is 0.640. The van der Waals surface area contributed by atoms with Crippen LogP contribution in [0.4, 0.5) is 5.69 Å². The number of nitrogens with zero attached hydrogens (tertiary/aromatic N) is 1. The van der Waals surface area contributed by atoms with Crippen molar-refractivity contribution in [3.05, 3.63) is 28.8 Å². The maximum Gasteiger partial charge on any atom is 0.0455 e. The average Bonchev–Trinajstić information content (AvgIpc) is 2.42. The van der Waals surface area contributed by atoms with E-state index >= 15 is 0 Å². The molecule has 0 saturated carbocycles. The molecule has 1 aromatic carbocycles. The van der Waals surface area contributed by atoms with Crippen LogP contribution in [0.2, 0.25) is 5.02 Å². The molecular weight excluding hydrogens is 208 g/mol. The van der Waals surface area contributed by atoms with Gasteiger partial charge in [-0.1, -0.05) is 11.6 Å². The number of hydrogen-bond acceptors (Lipinski definition) is 2. The normalized spacial score (nSPS) is 24.6. The summed E-state index contributed by atoms with van der Waals surface area (Å²) in [5, 5.41) is 4.35. The second-order valence-corrected chi connectivity index (χ2v) is 4.82. The second kappa shape index (κ2) is 3.69. The summed E-state index contributed by atoms with van der Waals surface area (Å²) in [5.41, 5.74) is 2.81. The van der Waals surface area contributed by atoms with Crippen molar-refractivity contribution in [2.45, 2.75) is 18.9 Å². The lowest BCUT2D eigenvalue weighted by Gasteiger charge is -2.24. The summed E-state index contributed by atoms with van der Waals surface area (Å²) in [4.78, 5) is 2.53. The van der Waals surface area contributed by atoms with Gasteiger partial charge >= 0.3 is 0 Å². The highest BCUT2D eigenvalue weighted by Crippen LogP contribution is 2.34. The molecule has 1 N–H and O–H groups in total. The van der Waals surface area contributed by atoms with Gasteiger partial charge in [0.2, 0.25) is 0 Å². The summed E-state index contributed by atoms with van der Waals surface area (Å²) in [5.74, 6) is 0. The number of hydrogen-bond donors (Lipinski definition) is 1. The van der Waals surface area contributed by atoms with Gasteiger partial charge in [0.15, 0.2) is 0 Å². The topological polar surface area (TPSA) is 15.3 Å². The maximum absolute atomic E-state index is 6.02. The minimum absolute atomic E-state index is 0.640. The molecule has 1 atom stereocenters. The van der Waals surface area contributed by atoms with Gasteiger partial charge in [0, 0.05) is 29.8 Å². The zero-order valence-corrected chi connectivity index (χ0v) is 9.43. The molecule has 1 saturated heterocycles. The molecule has 2 nitrogen and oxygen atoms in total. The van der Waals surface area contributed by atoms with Gasteiger partial charge in [-0.15, -0.1) is 0 Å². The highest BCUT2D eigenvalue weighted by atomic mass is 35.5. The van der Waals surface area contributed by atoms with E-state index in [4.69, 9.17) is 11.6 Å². The summed E-state index contributed by atoms with van der Waals surface area (Å²) >= 11 is 6.02. The molecule has 0 radical (unpaired) electrons. The Bertz CT molecular complexity index is 378. The van der Waals surface area contributed by atoms with Gasteiger partial charge in [-0.25, -0.2) is 0 Å². The molecule has 0 aromatic heterocycles. The zero-order valence-electron chi connectivity index (χ0n) is 8.67. The fraction of sp³-hybridized carbons (Fsp3) is 0.500. The van der Waals surface area contributed by atoms with Crippen LogP contribution in [0.25, 0.3) is 0 Å². The third-order valence-corrected chi connectivity index (χ3v) is 3.61. The molecule has 0 amide bonds. The summed E-state index contributed by atoms with van der Waals surface area (Å²) < 4.78 is 0. The Kier molecular flexibility index (Phi) is 2.33. The quantitative estimate of drug-likeness (QED) is 0.723. The Morgan fingerprint density at radius 2 is 2.33 bits per heavy atom. The first-order valence-electron chi connectivity index (χ1n) is 5.60. The van der Waals surface area contributed by atoms with Gasteiger partial charge in [0.1, 0.15) is 0 Å². The van der Waals surface area contributed by atoms with Crippen LogP contribution in [-0.2, 0) is 6.42 Å². The van der Waals surface area contributed by atoms with E-state index in [2.05, 4.69) is 22.3 Å². The van der Waals surface area contributed by atoms with Gasteiger partial charge in [0.05, 0.1) is 0 Å². The minimum Gasteiger partial charge on any atom is -0.367 e.